The maximum Gasteiger partial charge on any atom is 0.458 e. The van der Waals surface area contributed by atoms with Crippen molar-refractivity contribution < 1.29 is 36.3 Å². The molecule has 0 bridgehead atoms. The largest absolute Gasteiger partial charge is 0.481 e. The summed E-state index contributed by atoms with van der Waals surface area (Å²) in [4.78, 5) is 27.9. The molecule has 0 aromatic heterocycles. The van der Waals surface area contributed by atoms with E-state index in [0.717, 1.165) is 13.0 Å². The molecule has 2 aliphatic rings. The standard InChI is InChI=1S/C22H26F5N3O3/c1-6-28-19(32)29(5)18-17(30-11-7-8-15(30)31)16-12(2)13(21(23,24)22(25,26)27)9-10-14(16)33-20(18,3)4/h9-10H,6-8,11H2,1-5H3,(H,28,32). The minimum atomic E-state index is -5.81. The summed E-state index contributed by atoms with van der Waals surface area (Å²) in [7, 11) is 1.43. The molecule has 1 N–H and O–H groups in total. The predicted octanol–water partition coefficient (Wildman–Crippen LogP) is 4.77. The van der Waals surface area contributed by atoms with Crippen molar-refractivity contribution >= 4 is 17.6 Å². The number of alkyl halides is 5. The third kappa shape index (κ3) is 4.02. The van der Waals surface area contributed by atoms with E-state index in [1.165, 1.54) is 16.8 Å². The molecule has 182 valence electrons. The Kier molecular flexibility index (Phi) is 6.14. The van der Waals surface area contributed by atoms with Crippen molar-refractivity contribution in [2.45, 2.75) is 58.2 Å². The van der Waals surface area contributed by atoms with Crippen molar-refractivity contribution in [3.63, 3.8) is 0 Å². The van der Waals surface area contributed by atoms with E-state index in [0.29, 0.717) is 19.0 Å². The first-order valence-electron chi connectivity index (χ1n) is 10.5. The molecule has 1 fully saturated rings. The molecule has 3 rings (SSSR count). The topological polar surface area (TPSA) is 61.9 Å². The van der Waals surface area contributed by atoms with E-state index >= 15 is 0 Å². The van der Waals surface area contributed by atoms with E-state index in [-0.39, 0.29) is 47.1 Å². The zero-order valence-electron chi connectivity index (χ0n) is 19.0. The minimum Gasteiger partial charge on any atom is -0.481 e. The van der Waals surface area contributed by atoms with Gasteiger partial charge in [0.15, 0.2) is 0 Å². The number of amides is 3. The molecule has 1 aromatic carbocycles. The zero-order chi connectivity index (χ0) is 24.9. The van der Waals surface area contributed by atoms with Gasteiger partial charge in [0.1, 0.15) is 11.4 Å². The van der Waals surface area contributed by atoms with Gasteiger partial charge in [0.25, 0.3) is 0 Å². The summed E-state index contributed by atoms with van der Waals surface area (Å²) < 4.78 is 74.3. The number of carbonyl (C=O) groups excluding carboxylic acids is 2. The number of ether oxygens (including phenoxy) is 1. The van der Waals surface area contributed by atoms with Gasteiger partial charge >= 0.3 is 18.1 Å². The second-order valence-corrected chi connectivity index (χ2v) is 8.54. The van der Waals surface area contributed by atoms with Gasteiger partial charge in [-0.05, 0) is 51.8 Å². The Morgan fingerprint density at radius 1 is 1.24 bits per heavy atom. The number of nitrogens with one attached hydrogen (secondary N) is 1. The molecule has 2 aliphatic heterocycles. The fraction of sp³-hybridized carbons (Fsp3) is 0.545. The number of urea groups is 1. The van der Waals surface area contributed by atoms with Crippen molar-refractivity contribution in [1.29, 1.82) is 0 Å². The highest BCUT2D eigenvalue weighted by molar-refractivity contribution is 5.93. The van der Waals surface area contributed by atoms with Gasteiger partial charge < -0.3 is 15.0 Å². The monoisotopic (exact) mass is 475 g/mol. The number of likely N-dealkylation sites (N-methyl/N-ethyl adjacent to an activating group) is 1. The molecule has 0 aliphatic carbocycles. The third-order valence-electron chi connectivity index (χ3n) is 5.83. The second-order valence-electron chi connectivity index (χ2n) is 8.54. The number of carbonyl (C=O) groups is 2. The number of hydrogen-bond donors (Lipinski definition) is 1. The second kappa shape index (κ2) is 8.18. The molecule has 33 heavy (non-hydrogen) atoms. The molecular weight excluding hydrogens is 449 g/mol. The number of halogens is 5. The zero-order valence-corrected chi connectivity index (χ0v) is 19.0. The lowest BCUT2D eigenvalue weighted by atomic mass is 9.87. The molecule has 11 heteroatoms. The minimum absolute atomic E-state index is 0.0574. The summed E-state index contributed by atoms with van der Waals surface area (Å²) in [5.41, 5.74) is -2.58. The summed E-state index contributed by atoms with van der Waals surface area (Å²) in [6.45, 7) is 6.64. The van der Waals surface area contributed by atoms with Crippen LogP contribution >= 0.6 is 0 Å². The molecule has 0 atom stereocenters. The average molecular weight is 475 g/mol. The first kappa shape index (κ1) is 24.8. The van der Waals surface area contributed by atoms with Crippen LogP contribution in [0.3, 0.4) is 0 Å². The van der Waals surface area contributed by atoms with Gasteiger partial charge in [-0.2, -0.15) is 22.0 Å². The average Bonchev–Trinajstić information content (AvgIpc) is 3.10. The Hall–Kier alpha value is -2.85. The van der Waals surface area contributed by atoms with Crippen LogP contribution in [0.1, 0.15) is 50.3 Å². The Morgan fingerprint density at radius 3 is 2.39 bits per heavy atom. The molecule has 3 amide bonds. The lowest BCUT2D eigenvalue weighted by Gasteiger charge is -2.43. The van der Waals surface area contributed by atoms with E-state index in [4.69, 9.17) is 4.74 Å². The van der Waals surface area contributed by atoms with E-state index < -0.39 is 29.3 Å². The highest BCUT2D eigenvalue weighted by Gasteiger charge is 2.60. The molecule has 1 saturated heterocycles. The smallest absolute Gasteiger partial charge is 0.458 e. The van der Waals surface area contributed by atoms with Crippen LogP contribution in [-0.4, -0.2) is 53.7 Å². The summed E-state index contributed by atoms with van der Waals surface area (Å²) in [5.74, 6) is -5.38. The number of nitrogens with zero attached hydrogens (tertiary/aromatic N) is 2. The van der Waals surface area contributed by atoms with E-state index in [9.17, 15) is 31.5 Å². The van der Waals surface area contributed by atoms with Crippen molar-refractivity contribution in [1.82, 2.24) is 15.1 Å². The predicted molar refractivity (Wildman–Crippen MR) is 111 cm³/mol. The maximum absolute atomic E-state index is 14.4. The number of benzene rings is 1. The van der Waals surface area contributed by atoms with Crippen LogP contribution in [0.15, 0.2) is 17.8 Å². The molecule has 0 spiro atoms. The first-order valence-corrected chi connectivity index (χ1v) is 10.5. The fourth-order valence-corrected chi connectivity index (χ4v) is 4.37. The Labute approximate surface area is 188 Å². The van der Waals surface area contributed by atoms with Gasteiger partial charge in [0.2, 0.25) is 5.91 Å². The van der Waals surface area contributed by atoms with Crippen LogP contribution in [0.25, 0.3) is 5.70 Å². The van der Waals surface area contributed by atoms with E-state index in [2.05, 4.69) is 5.32 Å². The van der Waals surface area contributed by atoms with Crippen LogP contribution < -0.4 is 10.1 Å². The van der Waals surface area contributed by atoms with Crippen LogP contribution in [0, 0.1) is 6.92 Å². The van der Waals surface area contributed by atoms with Gasteiger partial charge in [0.05, 0.1) is 11.4 Å². The summed E-state index contributed by atoms with van der Waals surface area (Å²) in [5, 5.41) is 2.62. The summed E-state index contributed by atoms with van der Waals surface area (Å²) >= 11 is 0. The normalized spacial score (nSPS) is 18.2. The third-order valence-corrected chi connectivity index (χ3v) is 5.83. The van der Waals surface area contributed by atoms with Crippen molar-refractivity contribution in [2.24, 2.45) is 0 Å². The van der Waals surface area contributed by atoms with Gasteiger partial charge in [-0.15, -0.1) is 0 Å². The highest BCUT2D eigenvalue weighted by Crippen LogP contribution is 2.51. The van der Waals surface area contributed by atoms with Crippen LogP contribution in [0.5, 0.6) is 5.75 Å². The van der Waals surface area contributed by atoms with Crippen LogP contribution in [0.2, 0.25) is 0 Å². The lowest BCUT2D eigenvalue weighted by Crippen LogP contribution is -2.49. The highest BCUT2D eigenvalue weighted by atomic mass is 19.4. The Bertz CT molecular complexity index is 1020. The van der Waals surface area contributed by atoms with Crippen LogP contribution in [-0.2, 0) is 10.7 Å². The van der Waals surface area contributed by atoms with E-state index in [1.54, 1.807) is 20.8 Å². The maximum atomic E-state index is 14.4. The van der Waals surface area contributed by atoms with Gasteiger partial charge in [-0.25, -0.2) is 4.79 Å². The Balaban J connectivity index is 2.37. The SMILES string of the molecule is CCNC(=O)N(C)C1=C(N2CCCC2=O)c2c(ccc(C(F)(F)C(F)(F)F)c2C)OC1(C)C. The van der Waals surface area contributed by atoms with E-state index in [1.807, 2.05) is 0 Å². The first-order chi connectivity index (χ1) is 15.1. The van der Waals surface area contributed by atoms with Crippen LogP contribution in [0.4, 0.5) is 26.7 Å². The fourth-order valence-electron chi connectivity index (χ4n) is 4.37. The number of likely N-dealkylation sites (tertiary alicyclic amines) is 1. The number of fused-ring (bicyclic) bond motifs is 1. The lowest BCUT2D eigenvalue weighted by molar-refractivity contribution is -0.289. The molecule has 0 saturated carbocycles. The van der Waals surface area contributed by atoms with Gasteiger partial charge in [-0.1, -0.05) is 0 Å². The van der Waals surface area contributed by atoms with Crippen molar-refractivity contribution in [3.8, 4) is 5.75 Å². The molecular formula is C22H26F5N3O3. The summed E-state index contributed by atoms with van der Waals surface area (Å²) in [6.07, 6.45) is -5.14. The quantitative estimate of drug-likeness (QED) is 0.638. The summed E-state index contributed by atoms with van der Waals surface area (Å²) in [6, 6.07) is 1.22. The Morgan fingerprint density at radius 2 is 1.88 bits per heavy atom. The number of hydrogen-bond acceptors (Lipinski definition) is 3. The van der Waals surface area contributed by atoms with Crippen molar-refractivity contribution in [3.05, 3.63) is 34.5 Å². The van der Waals surface area contributed by atoms with Crippen molar-refractivity contribution in [2.75, 3.05) is 20.1 Å². The molecule has 0 radical (unpaired) electrons. The van der Waals surface area contributed by atoms with Gasteiger partial charge in [-0.3, -0.25) is 9.69 Å². The molecule has 6 nitrogen and oxygen atoms in total. The molecule has 1 aromatic rings. The van der Waals surface area contributed by atoms with Gasteiger partial charge in [0, 0.05) is 37.7 Å². The molecule has 2 heterocycles. The number of rotatable bonds is 4. The molecule has 0 unspecified atom stereocenters.